The summed E-state index contributed by atoms with van der Waals surface area (Å²) in [4.78, 5) is 15.8. The second-order valence-corrected chi connectivity index (χ2v) is 5.16. The highest BCUT2D eigenvalue weighted by Gasteiger charge is 2.28. The van der Waals surface area contributed by atoms with Gasteiger partial charge in [0.25, 0.3) is 5.91 Å². The molecule has 0 aliphatic carbocycles. The van der Waals surface area contributed by atoms with Crippen molar-refractivity contribution >= 4 is 5.91 Å². The molecule has 0 aliphatic heterocycles. The molecule has 1 aromatic carbocycles. The molecule has 2 rings (SSSR count). The average molecular weight is 341 g/mol. The van der Waals surface area contributed by atoms with E-state index in [0.717, 1.165) is 11.0 Å². The molecule has 1 heterocycles. The first-order chi connectivity index (χ1) is 11.4. The van der Waals surface area contributed by atoms with Crippen molar-refractivity contribution in [3.8, 4) is 5.75 Å². The second-order valence-electron chi connectivity index (χ2n) is 5.16. The van der Waals surface area contributed by atoms with E-state index in [0.29, 0.717) is 17.9 Å². The highest BCUT2D eigenvalue weighted by molar-refractivity contribution is 5.94. The third kappa shape index (κ3) is 5.29. The third-order valence-electron chi connectivity index (χ3n) is 3.15. The van der Waals surface area contributed by atoms with Gasteiger partial charge in [0.15, 0.2) is 0 Å². The Balaban J connectivity index is 2.00. The van der Waals surface area contributed by atoms with Gasteiger partial charge in [-0.2, -0.15) is 13.2 Å². The number of alkyl halides is 3. The average Bonchev–Trinajstić information content (AvgIpc) is 2.96. The van der Waals surface area contributed by atoms with Crippen LogP contribution >= 0.6 is 0 Å². The maximum atomic E-state index is 12.5. The number of rotatable bonds is 7. The van der Waals surface area contributed by atoms with Gasteiger partial charge in [0.2, 0.25) is 0 Å². The molecule has 1 aromatic heterocycles. The monoisotopic (exact) mass is 341 g/mol. The van der Waals surface area contributed by atoms with Crippen molar-refractivity contribution in [2.75, 3.05) is 6.54 Å². The molecule has 1 amide bonds. The molecule has 0 saturated carbocycles. The molecule has 0 radical (unpaired) electrons. The number of carbonyl (C=O) groups excluding carboxylic acids is 1. The Morgan fingerprint density at radius 1 is 1.38 bits per heavy atom. The second kappa shape index (κ2) is 7.85. The predicted molar refractivity (Wildman–Crippen MR) is 81.7 cm³/mol. The summed E-state index contributed by atoms with van der Waals surface area (Å²) >= 11 is 0. The van der Waals surface area contributed by atoms with Crippen LogP contribution in [0.4, 0.5) is 13.2 Å². The summed E-state index contributed by atoms with van der Waals surface area (Å²) in [7, 11) is 0. The molecule has 2 aromatic rings. The smallest absolute Gasteiger partial charge is 0.406 e. The van der Waals surface area contributed by atoms with E-state index in [1.165, 1.54) is 12.4 Å². The van der Waals surface area contributed by atoms with Gasteiger partial charge in [-0.1, -0.05) is 13.0 Å². The number of carbonyl (C=O) groups is 1. The molecule has 0 atom stereocenters. The quantitative estimate of drug-likeness (QED) is 0.842. The summed E-state index contributed by atoms with van der Waals surface area (Å²) in [6.45, 7) is 1.27. The normalized spacial score (nSPS) is 11.3. The van der Waals surface area contributed by atoms with Gasteiger partial charge in [-0.15, -0.1) is 0 Å². The van der Waals surface area contributed by atoms with Gasteiger partial charge < -0.3 is 14.6 Å². The van der Waals surface area contributed by atoms with Gasteiger partial charge in [0.05, 0.1) is 0 Å². The number of amides is 1. The summed E-state index contributed by atoms with van der Waals surface area (Å²) in [5.41, 5.74) is 0.430. The topological polar surface area (TPSA) is 56.1 Å². The molecule has 0 saturated heterocycles. The Hall–Kier alpha value is -2.51. The Labute approximate surface area is 137 Å². The van der Waals surface area contributed by atoms with Crippen LogP contribution in [0.15, 0.2) is 36.7 Å². The summed E-state index contributed by atoms with van der Waals surface area (Å²) in [5, 5.41) is 2.74. The van der Waals surface area contributed by atoms with Gasteiger partial charge in [0.1, 0.15) is 24.7 Å². The zero-order chi connectivity index (χ0) is 17.6. The van der Waals surface area contributed by atoms with Crippen LogP contribution in [0, 0.1) is 0 Å². The number of hydrogen-bond acceptors (Lipinski definition) is 3. The molecular formula is C16H18F3N3O2. The minimum atomic E-state index is -4.33. The molecule has 0 fully saturated rings. The first-order valence-corrected chi connectivity index (χ1v) is 7.47. The van der Waals surface area contributed by atoms with Crippen LogP contribution in [-0.4, -0.2) is 28.2 Å². The Morgan fingerprint density at radius 3 is 2.88 bits per heavy atom. The van der Waals surface area contributed by atoms with Crippen LogP contribution in [0.5, 0.6) is 5.75 Å². The lowest BCUT2D eigenvalue weighted by Gasteiger charge is -2.12. The van der Waals surface area contributed by atoms with E-state index >= 15 is 0 Å². The molecular weight excluding hydrogens is 323 g/mol. The van der Waals surface area contributed by atoms with E-state index in [9.17, 15) is 18.0 Å². The van der Waals surface area contributed by atoms with Crippen LogP contribution in [0.25, 0.3) is 0 Å². The number of nitrogens with one attached hydrogen (secondary N) is 1. The molecule has 24 heavy (non-hydrogen) atoms. The van der Waals surface area contributed by atoms with E-state index in [4.69, 9.17) is 4.74 Å². The van der Waals surface area contributed by atoms with E-state index in [-0.39, 0.29) is 18.3 Å². The van der Waals surface area contributed by atoms with Gasteiger partial charge in [-0.05, 0) is 24.6 Å². The molecule has 1 N–H and O–H groups in total. The van der Waals surface area contributed by atoms with Crippen molar-refractivity contribution in [1.82, 2.24) is 14.9 Å². The van der Waals surface area contributed by atoms with E-state index in [2.05, 4.69) is 10.3 Å². The van der Waals surface area contributed by atoms with Crippen molar-refractivity contribution in [3.05, 3.63) is 48.0 Å². The molecule has 5 nitrogen and oxygen atoms in total. The highest BCUT2D eigenvalue weighted by atomic mass is 19.4. The summed E-state index contributed by atoms with van der Waals surface area (Å²) < 4.78 is 43.9. The summed E-state index contributed by atoms with van der Waals surface area (Å²) in [5.74, 6) is 0.328. The predicted octanol–water partition coefficient (Wildman–Crippen LogP) is 3.16. The number of imidazole rings is 1. The van der Waals surface area contributed by atoms with Gasteiger partial charge in [-0.3, -0.25) is 4.79 Å². The van der Waals surface area contributed by atoms with Crippen LogP contribution < -0.4 is 10.1 Å². The zero-order valence-electron chi connectivity index (χ0n) is 13.1. The molecule has 0 spiro atoms. The fourth-order valence-corrected chi connectivity index (χ4v) is 2.03. The number of benzene rings is 1. The molecule has 0 aliphatic rings. The summed E-state index contributed by atoms with van der Waals surface area (Å²) in [6.07, 6.45) is -0.962. The van der Waals surface area contributed by atoms with Crippen LogP contribution in [0.1, 0.15) is 29.5 Å². The minimum absolute atomic E-state index is 0.122. The number of aromatic nitrogens is 2. The highest BCUT2D eigenvalue weighted by Crippen LogP contribution is 2.19. The van der Waals surface area contributed by atoms with Crippen molar-refractivity contribution < 1.29 is 22.7 Å². The van der Waals surface area contributed by atoms with Crippen molar-refractivity contribution in [2.24, 2.45) is 0 Å². The Morgan fingerprint density at radius 2 is 2.17 bits per heavy atom. The lowest BCUT2D eigenvalue weighted by Crippen LogP contribution is -2.23. The SMILES string of the molecule is CCCNC(=O)c1cccc(OCc2nccn2CC(F)(F)F)c1. The number of halogens is 3. The third-order valence-corrected chi connectivity index (χ3v) is 3.15. The zero-order valence-corrected chi connectivity index (χ0v) is 13.1. The van der Waals surface area contributed by atoms with E-state index in [1.54, 1.807) is 24.3 Å². The van der Waals surface area contributed by atoms with Crippen LogP contribution in [-0.2, 0) is 13.2 Å². The van der Waals surface area contributed by atoms with Crippen LogP contribution in [0.2, 0.25) is 0 Å². The van der Waals surface area contributed by atoms with Crippen molar-refractivity contribution in [2.45, 2.75) is 32.7 Å². The largest absolute Gasteiger partial charge is 0.486 e. The standard InChI is InChI=1S/C16H18F3N3O2/c1-2-6-21-15(23)12-4-3-5-13(9-12)24-10-14-20-7-8-22(14)11-16(17,18)19/h3-5,7-9H,2,6,10-11H2,1H3,(H,21,23). The number of hydrogen-bond donors (Lipinski definition) is 1. The van der Waals surface area contributed by atoms with Crippen LogP contribution in [0.3, 0.4) is 0 Å². The lowest BCUT2D eigenvalue weighted by atomic mass is 10.2. The molecule has 0 bridgehead atoms. The molecule has 130 valence electrons. The first-order valence-electron chi connectivity index (χ1n) is 7.47. The van der Waals surface area contributed by atoms with Crippen molar-refractivity contribution in [1.29, 1.82) is 0 Å². The molecule has 0 unspecified atom stereocenters. The maximum absolute atomic E-state index is 12.5. The van der Waals surface area contributed by atoms with Gasteiger partial charge in [0, 0.05) is 24.5 Å². The van der Waals surface area contributed by atoms with Crippen molar-refractivity contribution in [3.63, 3.8) is 0 Å². The molecule has 8 heteroatoms. The first kappa shape index (κ1) is 17.8. The summed E-state index contributed by atoms with van der Waals surface area (Å²) in [6, 6.07) is 6.47. The Bertz CT molecular complexity index is 683. The van der Waals surface area contributed by atoms with E-state index in [1.807, 2.05) is 6.92 Å². The lowest BCUT2D eigenvalue weighted by molar-refractivity contribution is -0.141. The number of ether oxygens (including phenoxy) is 1. The van der Waals surface area contributed by atoms with E-state index < -0.39 is 12.7 Å². The fourth-order valence-electron chi connectivity index (χ4n) is 2.03. The van der Waals surface area contributed by atoms with Gasteiger partial charge >= 0.3 is 6.18 Å². The van der Waals surface area contributed by atoms with Gasteiger partial charge in [-0.25, -0.2) is 4.98 Å². The Kier molecular flexibility index (Phi) is 5.83. The number of nitrogens with zero attached hydrogens (tertiary/aromatic N) is 2. The fraction of sp³-hybridized carbons (Fsp3) is 0.375. The minimum Gasteiger partial charge on any atom is -0.486 e. The maximum Gasteiger partial charge on any atom is 0.406 e.